The lowest BCUT2D eigenvalue weighted by molar-refractivity contribution is 0.311. The standard InChI is InChI=1S/C16H21N5O2S/c1-12-10-15(19-14-7-3-4-8-17-14)20-16(18-12)13-6-5-9-21(11-13)24(2,22)23/h3-4,7-8,10,13H,5-6,9,11H2,1-2H3,(H,17,18,19,20)/t13-/m1/s1. The highest BCUT2D eigenvalue weighted by Crippen LogP contribution is 2.27. The van der Waals surface area contributed by atoms with Crippen LogP contribution < -0.4 is 5.32 Å². The molecule has 0 unspecified atom stereocenters. The van der Waals surface area contributed by atoms with Crippen LogP contribution in [0.1, 0.15) is 30.3 Å². The van der Waals surface area contributed by atoms with Crippen molar-refractivity contribution >= 4 is 21.7 Å². The van der Waals surface area contributed by atoms with Gasteiger partial charge in [-0.3, -0.25) is 0 Å². The zero-order chi connectivity index (χ0) is 17.2. The fourth-order valence-electron chi connectivity index (χ4n) is 2.86. The lowest BCUT2D eigenvalue weighted by atomic mass is 9.99. The molecule has 2 aromatic rings. The van der Waals surface area contributed by atoms with Gasteiger partial charge in [0.15, 0.2) is 0 Å². The van der Waals surface area contributed by atoms with E-state index in [1.807, 2.05) is 31.2 Å². The van der Waals surface area contributed by atoms with E-state index in [9.17, 15) is 8.42 Å². The highest BCUT2D eigenvalue weighted by atomic mass is 32.2. The van der Waals surface area contributed by atoms with Gasteiger partial charge in [0, 0.05) is 37.0 Å². The Bertz CT molecular complexity index is 810. The number of pyridine rings is 1. The maximum Gasteiger partial charge on any atom is 0.211 e. The third kappa shape index (κ3) is 4.07. The van der Waals surface area contributed by atoms with Gasteiger partial charge in [0.25, 0.3) is 0 Å². The predicted molar refractivity (Wildman–Crippen MR) is 92.7 cm³/mol. The Morgan fingerprint density at radius 1 is 1.25 bits per heavy atom. The minimum absolute atomic E-state index is 0.0117. The van der Waals surface area contributed by atoms with E-state index in [1.165, 1.54) is 10.6 Å². The van der Waals surface area contributed by atoms with Crippen molar-refractivity contribution in [3.63, 3.8) is 0 Å². The summed E-state index contributed by atoms with van der Waals surface area (Å²) in [5.74, 6) is 2.08. The summed E-state index contributed by atoms with van der Waals surface area (Å²) in [6.45, 7) is 2.91. The number of aromatic nitrogens is 3. The quantitative estimate of drug-likeness (QED) is 0.911. The summed E-state index contributed by atoms with van der Waals surface area (Å²) in [6.07, 6.45) is 4.67. The first kappa shape index (κ1) is 16.8. The highest BCUT2D eigenvalue weighted by Gasteiger charge is 2.28. The van der Waals surface area contributed by atoms with Crippen molar-refractivity contribution in [2.75, 3.05) is 24.7 Å². The zero-order valence-electron chi connectivity index (χ0n) is 13.8. The molecule has 1 N–H and O–H groups in total. The highest BCUT2D eigenvalue weighted by molar-refractivity contribution is 7.88. The molecule has 1 saturated heterocycles. The van der Waals surface area contributed by atoms with E-state index in [1.54, 1.807) is 6.20 Å². The summed E-state index contributed by atoms with van der Waals surface area (Å²) in [5.41, 5.74) is 0.843. The number of sulfonamides is 1. The van der Waals surface area contributed by atoms with Crippen molar-refractivity contribution in [2.24, 2.45) is 0 Å². The molecule has 1 aliphatic heterocycles. The first-order valence-corrected chi connectivity index (χ1v) is 9.75. The lowest BCUT2D eigenvalue weighted by Gasteiger charge is -2.30. The maximum atomic E-state index is 11.8. The van der Waals surface area contributed by atoms with Gasteiger partial charge in [-0.2, -0.15) is 0 Å². The normalized spacial score (nSPS) is 19.2. The molecule has 24 heavy (non-hydrogen) atoms. The molecular formula is C16H21N5O2S. The van der Waals surface area contributed by atoms with Crippen molar-refractivity contribution in [3.05, 3.63) is 42.0 Å². The molecule has 0 amide bonds. The summed E-state index contributed by atoms with van der Waals surface area (Å²) >= 11 is 0. The van der Waals surface area contributed by atoms with Crippen molar-refractivity contribution in [3.8, 4) is 0 Å². The van der Waals surface area contributed by atoms with Crippen LogP contribution in [0, 0.1) is 6.92 Å². The minimum atomic E-state index is -3.18. The molecule has 3 rings (SSSR count). The Hall–Kier alpha value is -2.06. The number of aryl methyl sites for hydroxylation is 1. The molecule has 0 spiro atoms. The molecule has 7 nitrogen and oxygen atoms in total. The van der Waals surface area contributed by atoms with Crippen molar-refractivity contribution in [1.29, 1.82) is 0 Å². The summed E-state index contributed by atoms with van der Waals surface area (Å²) in [5, 5.41) is 3.17. The molecule has 0 aliphatic carbocycles. The number of nitrogens with zero attached hydrogens (tertiary/aromatic N) is 4. The first-order chi connectivity index (χ1) is 11.4. The fourth-order valence-corrected chi connectivity index (χ4v) is 3.77. The van der Waals surface area contributed by atoms with Crippen LogP contribution in [0.15, 0.2) is 30.5 Å². The van der Waals surface area contributed by atoms with E-state index in [0.29, 0.717) is 30.5 Å². The summed E-state index contributed by atoms with van der Waals surface area (Å²) in [6, 6.07) is 7.47. The van der Waals surface area contributed by atoms with Gasteiger partial charge in [0.1, 0.15) is 17.5 Å². The van der Waals surface area contributed by atoms with Crippen LogP contribution in [0.4, 0.5) is 11.6 Å². The second kappa shape index (κ2) is 6.82. The third-order valence-corrected chi connectivity index (χ3v) is 5.28. The molecule has 2 aromatic heterocycles. The van der Waals surface area contributed by atoms with Gasteiger partial charge < -0.3 is 5.32 Å². The molecule has 1 aliphatic rings. The second-order valence-electron chi connectivity index (χ2n) is 6.05. The molecule has 0 aromatic carbocycles. The topological polar surface area (TPSA) is 88.1 Å². The van der Waals surface area contributed by atoms with Crippen LogP contribution in [-0.4, -0.2) is 47.0 Å². The monoisotopic (exact) mass is 347 g/mol. The van der Waals surface area contributed by atoms with E-state index >= 15 is 0 Å². The van der Waals surface area contributed by atoms with Crippen LogP contribution in [0.5, 0.6) is 0 Å². The Morgan fingerprint density at radius 3 is 2.79 bits per heavy atom. The first-order valence-electron chi connectivity index (χ1n) is 7.90. The lowest BCUT2D eigenvalue weighted by Crippen LogP contribution is -2.38. The number of anilines is 2. The van der Waals surface area contributed by atoms with E-state index in [2.05, 4.69) is 20.3 Å². The summed E-state index contributed by atoms with van der Waals surface area (Å²) in [7, 11) is -3.18. The molecule has 128 valence electrons. The third-order valence-electron chi connectivity index (χ3n) is 4.01. The van der Waals surface area contributed by atoms with Crippen LogP contribution in [0.2, 0.25) is 0 Å². The van der Waals surface area contributed by atoms with E-state index in [-0.39, 0.29) is 5.92 Å². The maximum absolute atomic E-state index is 11.8. The van der Waals surface area contributed by atoms with Crippen LogP contribution >= 0.6 is 0 Å². The van der Waals surface area contributed by atoms with Gasteiger partial charge in [-0.25, -0.2) is 27.7 Å². The van der Waals surface area contributed by atoms with Gasteiger partial charge >= 0.3 is 0 Å². The van der Waals surface area contributed by atoms with Crippen molar-refractivity contribution in [1.82, 2.24) is 19.3 Å². The Kier molecular flexibility index (Phi) is 4.77. The number of hydrogen-bond acceptors (Lipinski definition) is 6. The molecule has 1 fully saturated rings. The van der Waals surface area contributed by atoms with Gasteiger partial charge in [-0.05, 0) is 31.9 Å². The average molecular weight is 347 g/mol. The average Bonchev–Trinajstić information content (AvgIpc) is 2.54. The molecule has 1 atom stereocenters. The second-order valence-corrected chi connectivity index (χ2v) is 8.04. The van der Waals surface area contributed by atoms with E-state index in [4.69, 9.17) is 0 Å². The van der Waals surface area contributed by atoms with Crippen LogP contribution in [0.3, 0.4) is 0 Å². The summed E-state index contributed by atoms with van der Waals surface area (Å²) < 4.78 is 25.1. The molecule has 0 radical (unpaired) electrons. The van der Waals surface area contributed by atoms with Crippen LogP contribution in [-0.2, 0) is 10.0 Å². The molecule has 3 heterocycles. The van der Waals surface area contributed by atoms with Crippen molar-refractivity contribution in [2.45, 2.75) is 25.7 Å². The number of piperidine rings is 1. The van der Waals surface area contributed by atoms with Gasteiger partial charge in [0.2, 0.25) is 10.0 Å². The molecule has 8 heteroatoms. The van der Waals surface area contributed by atoms with E-state index < -0.39 is 10.0 Å². The molecular weight excluding hydrogens is 326 g/mol. The smallest absolute Gasteiger partial charge is 0.211 e. The SMILES string of the molecule is Cc1cc(Nc2ccccn2)nc([C@@H]2CCCN(S(C)(=O)=O)C2)n1. The Labute approximate surface area is 142 Å². The number of nitrogens with one attached hydrogen (secondary N) is 1. The largest absolute Gasteiger partial charge is 0.325 e. The zero-order valence-corrected chi connectivity index (χ0v) is 14.6. The van der Waals surface area contributed by atoms with Gasteiger partial charge in [-0.15, -0.1) is 0 Å². The minimum Gasteiger partial charge on any atom is -0.325 e. The predicted octanol–water partition coefficient (Wildman–Crippen LogP) is 2.06. The Balaban J connectivity index is 1.83. The number of rotatable bonds is 4. The van der Waals surface area contributed by atoms with Gasteiger partial charge in [0.05, 0.1) is 6.26 Å². The summed E-state index contributed by atoms with van der Waals surface area (Å²) in [4.78, 5) is 13.3. The van der Waals surface area contributed by atoms with E-state index in [0.717, 1.165) is 18.5 Å². The van der Waals surface area contributed by atoms with Crippen LogP contribution in [0.25, 0.3) is 0 Å². The molecule has 0 saturated carbocycles. The number of hydrogen-bond donors (Lipinski definition) is 1. The van der Waals surface area contributed by atoms with Crippen molar-refractivity contribution < 1.29 is 8.42 Å². The fraction of sp³-hybridized carbons (Fsp3) is 0.438. The van der Waals surface area contributed by atoms with Gasteiger partial charge in [-0.1, -0.05) is 6.07 Å². The molecule has 0 bridgehead atoms. The Morgan fingerprint density at radius 2 is 2.08 bits per heavy atom.